The number of anilines is 2. The van der Waals surface area contributed by atoms with Gasteiger partial charge in [-0.1, -0.05) is 13.0 Å². The number of hydrogen-bond donors (Lipinski definition) is 2. The lowest BCUT2D eigenvalue weighted by molar-refractivity contribution is -0.133. The summed E-state index contributed by atoms with van der Waals surface area (Å²) in [5.74, 6) is -0.486. The number of carbonyl (C=O) groups excluding carboxylic acids is 3. The van der Waals surface area contributed by atoms with Gasteiger partial charge < -0.3 is 15.4 Å². The van der Waals surface area contributed by atoms with Gasteiger partial charge in [0, 0.05) is 16.8 Å². The topological polar surface area (TPSA) is 87.7 Å². The molecule has 1 aliphatic rings. The third-order valence-electron chi connectivity index (χ3n) is 6.07. The predicted molar refractivity (Wildman–Crippen MR) is 130 cm³/mol. The second kappa shape index (κ2) is 8.89. The molecule has 176 valence electrons. The van der Waals surface area contributed by atoms with Gasteiger partial charge in [-0.2, -0.15) is 0 Å². The molecular weight excluding hydrogens is 418 g/mol. The van der Waals surface area contributed by atoms with Gasteiger partial charge >= 0.3 is 0 Å². The maximum atomic E-state index is 13.2. The van der Waals surface area contributed by atoms with Gasteiger partial charge in [0.15, 0.2) is 5.60 Å². The minimum absolute atomic E-state index is 0.197. The van der Waals surface area contributed by atoms with Crippen molar-refractivity contribution < 1.29 is 19.1 Å². The van der Waals surface area contributed by atoms with Gasteiger partial charge in [-0.3, -0.25) is 19.3 Å². The number of amides is 3. The third kappa shape index (κ3) is 5.35. The summed E-state index contributed by atoms with van der Waals surface area (Å²) in [4.78, 5) is 40.2. The van der Waals surface area contributed by atoms with Crippen LogP contribution in [0.1, 0.15) is 62.5 Å². The number of aryl methyl sites for hydroxylation is 2. The van der Waals surface area contributed by atoms with E-state index >= 15 is 0 Å². The van der Waals surface area contributed by atoms with Crippen LogP contribution in [-0.4, -0.2) is 35.4 Å². The summed E-state index contributed by atoms with van der Waals surface area (Å²) in [6.45, 7) is 13.0. The number of nitrogens with zero attached hydrogens (tertiary/aromatic N) is 1. The molecule has 3 amide bonds. The SMILES string of the molecule is CCC(C)(C)NC(=O)c1ccc2c(c1)N(CC(=O)Nc1ccc(C)c(C)c1)C(=O)C(C)(C)O2. The molecule has 7 heteroatoms. The van der Waals surface area contributed by atoms with Crippen molar-refractivity contribution in [1.82, 2.24) is 5.32 Å². The number of fused-ring (bicyclic) bond motifs is 1. The van der Waals surface area contributed by atoms with E-state index in [1.807, 2.05) is 52.8 Å². The molecule has 0 fully saturated rings. The molecule has 1 aliphatic heterocycles. The van der Waals surface area contributed by atoms with E-state index in [0.29, 0.717) is 22.7 Å². The van der Waals surface area contributed by atoms with Crippen molar-refractivity contribution in [2.45, 2.75) is 66.0 Å². The third-order valence-corrected chi connectivity index (χ3v) is 6.07. The Labute approximate surface area is 195 Å². The molecule has 0 spiro atoms. The Morgan fingerprint density at radius 2 is 1.76 bits per heavy atom. The van der Waals surface area contributed by atoms with Crippen LogP contribution in [0.25, 0.3) is 0 Å². The second-order valence-electron chi connectivity index (χ2n) is 9.72. The Morgan fingerprint density at radius 1 is 1.06 bits per heavy atom. The maximum absolute atomic E-state index is 13.2. The molecule has 2 aromatic carbocycles. The summed E-state index contributed by atoms with van der Waals surface area (Å²) in [6, 6.07) is 10.6. The van der Waals surface area contributed by atoms with E-state index in [1.54, 1.807) is 32.0 Å². The molecule has 0 radical (unpaired) electrons. The van der Waals surface area contributed by atoms with Crippen molar-refractivity contribution in [3.8, 4) is 5.75 Å². The van der Waals surface area contributed by atoms with Crippen LogP contribution < -0.4 is 20.3 Å². The number of ether oxygens (including phenoxy) is 1. The molecule has 0 saturated carbocycles. The lowest BCUT2D eigenvalue weighted by Gasteiger charge is -2.38. The van der Waals surface area contributed by atoms with Gasteiger partial charge in [-0.25, -0.2) is 0 Å². The molecule has 0 saturated heterocycles. The van der Waals surface area contributed by atoms with Crippen LogP contribution in [0, 0.1) is 13.8 Å². The Kier molecular flexibility index (Phi) is 6.54. The first-order chi connectivity index (χ1) is 15.3. The Hall–Kier alpha value is -3.35. The predicted octanol–water partition coefficient (Wildman–Crippen LogP) is 4.36. The zero-order valence-corrected chi connectivity index (χ0v) is 20.5. The summed E-state index contributed by atoms with van der Waals surface area (Å²) < 4.78 is 5.89. The number of carbonyl (C=O) groups is 3. The zero-order chi connectivity index (χ0) is 24.6. The van der Waals surface area contributed by atoms with Crippen LogP contribution in [0.15, 0.2) is 36.4 Å². The highest BCUT2D eigenvalue weighted by molar-refractivity contribution is 6.08. The van der Waals surface area contributed by atoms with Crippen molar-refractivity contribution in [3.05, 3.63) is 53.1 Å². The molecule has 0 aromatic heterocycles. The lowest BCUT2D eigenvalue weighted by Crippen LogP contribution is -2.54. The fourth-order valence-corrected chi connectivity index (χ4v) is 3.50. The van der Waals surface area contributed by atoms with Gasteiger partial charge in [-0.05, 0) is 89.4 Å². The molecule has 0 unspecified atom stereocenters. The number of hydrogen-bond acceptors (Lipinski definition) is 4. The fourth-order valence-electron chi connectivity index (χ4n) is 3.50. The van der Waals surface area contributed by atoms with Crippen LogP contribution in [0.4, 0.5) is 11.4 Å². The summed E-state index contributed by atoms with van der Waals surface area (Å²) in [5, 5.41) is 5.85. The molecule has 2 aromatic rings. The molecular formula is C26H33N3O4. The van der Waals surface area contributed by atoms with E-state index in [1.165, 1.54) is 4.90 Å². The Balaban J connectivity index is 1.89. The number of nitrogens with one attached hydrogen (secondary N) is 2. The molecule has 2 N–H and O–H groups in total. The molecule has 7 nitrogen and oxygen atoms in total. The van der Waals surface area contributed by atoms with E-state index in [2.05, 4.69) is 10.6 Å². The average Bonchev–Trinajstić information content (AvgIpc) is 2.73. The molecule has 0 bridgehead atoms. The minimum Gasteiger partial charge on any atom is -0.476 e. The van der Waals surface area contributed by atoms with Crippen molar-refractivity contribution >= 4 is 29.1 Å². The number of benzene rings is 2. The fraction of sp³-hybridized carbons (Fsp3) is 0.423. The van der Waals surface area contributed by atoms with Gasteiger partial charge in [0.25, 0.3) is 11.8 Å². The molecule has 0 atom stereocenters. The maximum Gasteiger partial charge on any atom is 0.271 e. The first kappa shape index (κ1) is 24.3. The van der Waals surface area contributed by atoms with Crippen molar-refractivity contribution in [2.24, 2.45) is 0 Å². The highest BCUT2D eigenvalue weighted by atomic mass is 16.5. The number of rotatable bonds is 6. The summed E-state index contributed by atoms with van der Waals surface area (Å²) in [5.41, 5.74) is 2.14. The van der Waals surface area contributed by atoms with Gasteiger partial charge in [0.05, 0.1) is 5.69 Å². The van der Waals surface area contributed by atoms with Gasteiger partial charge in [-0.15, -0.1) is 0 Å². The zero-order valence-electron chi connectivity index (χ0n) is 20.5. The largest absolute Gasteiger partial charge is 0.476 e. The van der Waals surface area contributed by atoms with Crippen molar-refractivity contribution in [2.75, 3.05) is 16.8 Å². The van der Waals surface area contributed by atoms with E-state index in [0.717, 1.165) is 17.5 Å². The highest BCUT2D eigenvalue weighted by Gasteiger charge is 2.42. The van der Waals surface area contributed by atoms with E-state index < -0.39 is 5.60 Å². The van der Waals surface area contributed by atoms with E-state index in [4.69, 9.17) is 4.74 Å². The highest BCUT2D eigenvalue weighted by Crippen LogP contribution is 2.38. The summed E-state index contributed by atoms with van der Waals surface area (Å²) in [7, 11) is 0. The van der Waals surface area contributed by atoms with Crippen LogP contribution in [-0.2, 0) is 9.59 Å². The van der Waals surface area contributed by atoms with Crippen LogP contribution in [0.2, 0.25) is 0 Å². The Bertz CT molecular complexity index is 1100. The van der Waals surface area contributed by atoms with Crippen LogP contribution in [0.5, 0.6) is 5.75 Å². The minimum atomic E-state index is -1.14. The quantitative estimate of drug-likeness (QED) is 0.683. The lowest BCUT2D eigenvalue weighted by atomic mass is 10.00. The summed E-state index contributed by atoms with van der Waals surface area (Å²) >= 11 is 0. The Morgan fingerprint density at radius 3 is 2.39 bits per heavy atom. The van der Waals surface area contributed by atoms with Gasteiger partial charge in [0.1, 0.15) is 12.3 Å². The van der Waals surface area contributed by atoms with Crippen LogP contribution in [0.3, 0.4) is 0 Å². The molecule has 33 heavy (non-hydrogen) atoms. The van der Waals surface area contributed by atoms with Crippen molar-refractivity contribution in [3.63, 3.8) is 0 Å². The van der Waals surface area contributed by atoms with Crippen LogP contribution >= 0.6 is 0 Å². The van der Waals surface area contributed by atoms with E-state index in [9.17, 15) is 14.4 Å². The summed E-state index contributed by atoms with van der Waals surface area (Å²) in [6.07, 6.45) is 0.768. The monoisotopic (exact) mass is 451 g/mol. The first-order valence-electron chi connectivity index (χ1n) is 11.2. The second-order valence-corrected chi connectivity index (χ2v) is 9.72. The normalized spacial score (nSPS) is 14.9. The van der Waals surface area contributed by atoms with E-state index in [-0.39, 0.29) is 29.8 Å². The smallest absolute Gasteiger partial charge is 0.271 e. The molecule has 0 aliphatic carbocycles. The standard InChI is InChI=1S/C26H33N3O4/c1-8-25(4,5)28-23(31)18-10-12-21-20(14-18)29(24(32)26(6,7)33-21)15-22(30)27-19-11-9-16(2)17(3)13-19/h9-14H,8,15H2,1-7H3,(H,27,30)(H,28,31). The average molecular weight is 452 g/mol. The molecule has 3 rings (SSSR count). The van der Waals surface area contributed by atoms with Gasteiger partial charge in [0.2, 0.25) is 5.91 Å². The van der Waals surface area contributed by atoms with Crippen molar-refractivity contribution in [1.29, 1.82) is 0 Å². The molecule has 1 heterocycles. The first-order valence-corrected chi connectivity index (χ1v) is 11.2.